The van der Waals surface area contributed by atoms with E-state index in [0.717, 1.165) is 5.56 Å². The lowest BCUT2D eigenvalue weighted by molar-refractivity contribution is 0.445. The monoisotopic (exact) mass is 424 g/mol. The van der Waals surface area contributed by atoms with E-state index in [2.05, 4.69) is 4.72 Å². The van der Waals surface area contributed by atoms with Gasteiger partial charge in [0.2, 0.25) is 20.0 Å². The first-order chi connectivity index (χ1) is 13.1. The predicted molar refractivity (Wildman–Crippen MR) is 111 cm³/mol. The Morgan fingerprint density at radius 2 is 1.32 bits per heavy atom. The van der Waals surface area contributed by atoms with Crippen molar-refractivity contribution in [2.75, 3.05) is 13.1 Å². The Hall–Kier alpha value is -1.74. The summed E-state index contributed by atoms with van der Waals surface area (Å²) in [5, 5.41) is 0. The zero-order valence-corrected chi connectivity index (χ0v) is 18.3. The third-order valence-electron chi connectivity index (χ3n) is 4.59. The van der Waals surface area contributed by atoms with Crippen molar-refractivity contribution in [3.63, 3.8) is 0 Å². The highest BCUT2D eigenvalue weighted by Crippen LogP contribution is 2.19. The molecule has 0 aliphatic carbocycles. The highest BCUT2D eigenvalue weighted by Gasteiger charge is 2.21. The van der Waals surface area contributed by atoms with E-state index in [1.54, 1.807) is 38.1 Å². The lowest BCUT2D eigenvalue weighted by Crippen LogP contribution is -2.30. The summed E-state index contributed by atoms with van der Waals surface area (Å²) < 4.78 is 53.9. The third kappa shape index (κ3) is 5.20. The van der Waals surface area contributed by atoms with Gasteiger partial charge in [-0.3, -0.25) is 0 Å². The molecule has 0 unspecified atom stereocenters. The lowest BCUT2D eigenvalue weighted by atomic mass is 10.0. The molecule has 0 saturated carbocycles. The average molecular weight is 425 g/mol. The first kappa shape index (κ1) is 22.5. The third-order valence-corrected chi connectivity index (χ3v) is 8.07. The molecule has 2 aromatic rings. The zero-order chi connectivity index (χ0) is 20.9. The molecule has 0 fully saturated rings. The Kier molecular flexibility index (Phi) is 7.39. The van der Waals surface area contributed by atoms with Gasteiger partial charge < -0.3 is 0 Å². The number of nitrogens with one attached hydrogen (secondary N) is 1. The van der Waals surface area contributed by atoms with Gasteiger partial charge in [-0.2, -0.15) is 4.31 Å². The molecule has 2 rings (SSSR count). The van der Waals surface area contributed by atoms with Crippen LogP contribution < -0.4 is 4.72 Å². The highest BCUT2D eigenvalue weighted by molar-refractivity contribution is 7.89. The molecule has 0 bridgehead atoms. The van der Waals surface area contributed by atoms with Gasteiger partial charge in [-0.05, 0) is 41.3 Å². The summed E-state index contributed by atoms with van der Waals surface area (Å²) in [6.45, 7) is 8.55. The van der Waals surface area contributed by atoms with Gasteiger partial charge in [0.15, 0.2) is 0 Å². The van der Waals surface area contributed by atoms with Crippen LogP contribution in [0.25, 0.3) is 0 Å². The zero-order valence-electron chi connectivity index (χ0n) is 16.7. The largest absolute Gasteiger partial charge is 0.243 e. The van der Waals surface area contributed by atoms with E-state index in [4.69, 9.17) is 0 Å². The summed E-state index contributed by atoms with van der Waals surface area (Å²) in [5.74, 6) is 0.329. The fourth-order valence-electron chi connectivity index (χ4n) is 2.79. The maximum Gasteiger partial charge on any atom is 0.243 e. The molecule has 2 aromatic carbocycles. The molecule has 0 aliphatic rings. The quantitative estimate of drug-likeness (QED) is 0.669. The van der Waals surface area contributed by atoms with Crippen LogP contribution >= 0.6 is 0 Å². The molecule has 0 atom stereocenters. The molecule has 28 heavy (non-hydrogen) atoms. The van der Waals surface area contributed by atoms with E-state index in [1.807, 2.05) is 26.0 Å². The standard InChI is InChI=1S/C20H28N2O4S2/c1-5-22(6-2)28(25,26)20-11-7-17(8-12-20)15-21-27(23,24)19-13-9-18(10-14-19)16(3)4/h7-14,16,21H,5-6,15H2,1-4H3. The fourth-order valence-corrected chi connectivity index (χ4v) is 5.26. The van der Waals surface area contributed by atoms with Crippen molar-refractivity contribution in [2.45, 2.75) is 49.9 Å². The lowest BCUT2D eigenvalue weighted by Gasteiger charge is -2.18. The van der Waals surface area contributed by atoms with Gasteiger partial charge in [0.25, 0.3) is 0 Å². The van der Waals surface area contributed by atoms with Gasteiger partial charge in [-0.25, -0.2) is 21.6 Å². The minimum Gasteiger partial charge on any atom is -0.207 e. The summed E-state index contributed by atoms with van der Waals surface area (Å²) in [5.41, 5.74) is 1.75. The second-order valence-electron chi connectivity index (χ2n) is 6.78. The van der Waals surface area contributed by atoms with Crippen LogP contribution in [0.5, 0.6) is 0 Å². The molecule has 0 radical (unpaired) electrons. The summed E-state index contributed by atoms with van der Waals surface area (Å²) in [4.78, 5) is 0.407. The van der Waals surface area contributed by atoms with Crippen molar-refractivity contribution >= 4 is 20.0 Å². The van der Waals surface area contributed by atoms with Crippen molar-refractivity contribution < 1.29 is 16.8 Å². The molecule has 6 nitrogen and oxygen atoms in total. The minimum absolute atomic E-state index is 0.0832. The summed E-state index contributed by atoms with van der Waals surface area (Å²) in [7, 11) is -7.16. The molecule has 0 amide bonds. The van der Waals surface area contributed by atoms with Crippen molar-refractivity contribution in [1.29, 1.82) is 0 Å². The van der Waals surface area contributed by atoms with E-state index in [-0.39, 0.29) is 16.3 Å². The Bertz CT molecular complexity index is 978. The van der Waals surface area contributed by atoms with E-state index < -0.39 is 20.0 Å². The molecule has 1 N–H and O–H groups in total. The minimum atomic E-state index is -3.64. The van der Waals surface area contributed by atoms with Crippen LogP contribution in [0.2, 0.25) is 0 Å². The molecule has 0 spiro atoms. The Balaban J connectivity index is 2.10. The summed E-state index contributed by atoms with van der Waals surface area (Å²) >= 11 is 0. The van der Waals surface area contributed by atoms with Crippen molar-refractivity contribution in [3.05, 3.63) is 59.7 Å². The first-order valence-electron chi connectivity index (χ1n) is 9.30. The Morgan fingerprint density at radius 1 is 0.821 bits per heavy atom. The smallest absolute Gasteiger partial charge is 0.207 e. The van der Waals surface area contributed by atoms with E-state index in [9.17, 15) is 16.8 Å². The molecule has 0 aromatic heterocycles. The van der Waals surface area contributed by atoms with Gasteiger partial charge in [0.1, 0.15) is 0 Å². The number of hydrogen-bond acceptors (Lipinski definition) is 4. The van der Waals surface area contributed by atoms with Gasteiger partial charge in [0.05, 0.1) is 9.79 Å². The van der Waals surface area contributed by atoms with E-state index >= 15 is 0 Å². The summed E-state index contributed by atoms with van der Waals surface area (Å²) in [6.07, 6.45) is 0. The van der Waals surface area contributed by atoms with Crippen LogP contribution in [-0.4, -0.2) is 34.2 Å². The topological polar surface area (TPSA) is 83.6 Å². The van der Waals surface area contributed by atoms with Gasteiger partial charge in [0, 0.05) is 19.6 Å². The van der Waals surface area contributed by atoms with Gasteiger partial charge in [-0.15, -0.1) is 0 Å². The van der Waals surface area contributed by atoms with Crippen LogP contribution in [0.1, 0.15) is 44.7 Å². The number of rotatable bonds is 9. The van der Waals surface area contributed by atoms with Crippen molar-refractivity contribution in [1.82, 2.24) is 9.03 Å². The highest BCUT2D eigenvalue weighted by atomic mass is 32.2. The van der Waals surface area contributed by atoms with E-state index in [0.29, 0.717) is 24.6 Å². The molecule has 8 heteroatoms. The molecular weight excluding hydrogens is 396 g/mol. The van der Waals surface area contributed by atoms with Gasteiger partial charge in [-0.1, -0.05) is 52.0 Å². The fraction of sp³-hybridized carbons (Fsp3) is 0.400. The van der Waals surface area contributed by atoms with Crippen LogP contribution in [0.15, 0.2) is 58.3 Å². The molecule has 0 heterocycles. The second-order valence-corrected chi connectivity index (χ2v) is 10.5. The maximum absolute atomic E-state index is 12.5. The molecule has 0 saturated heterocycles. The Morgan fingerprint density at radius 3 is 1.79 bits per heavy atom. The first-order valence-corrected chi connectivity index (χ1v) is 12.2. The Labute approximate surface area is 168 Å². The van der Waals surface area contributed by atoms with Crippen LogP contribution in [0, 0.1) is 0 Å². The SMILES string of the molecule is CCN(CC)S(=O)(=O)c1ccc(CNS(=O)(=O)c2ccc(C(C)C)cc2)cc1. The van der Waals surface area contributed by atoms with Crippen LogP contribution in [-0.2, 0) is 26.6 Å². The average Bonchev–Trinajstić information content (AvgIpc) is 2.67. The molecular formula is C20H28N2O4S2. The number of benzene rings is 2. The van der Waals surface area contributed by atoms with Crippen LogP contribution in [0.3, 0.4) is 0 Å². The second kappa shape index (κ2) is 9.17. The molecule has 154 valence electrons. The van der Waals surface area contributed by atoms with Gasteiger partial charge >= 0.3 is 0 Å². The predicted octanol–water partition coefficient (Wildman–Crippen LogP) is 3.32. The van der Waals surface area contributed by atoms with Crippen molar-refractivity contribution in [3.8, 4) is 0 Å². The maximum atomic E-state index is 12.5. The number of nitrogens with zero attached hydrogens (tertiary/aromatic N) is 1. The number of hydrogen-bond donors (Lipinski definition) is 1. The number of sulfonamides is 2. The van der Waals surface area contributed by atoms with E-state index in [1.165, 1.54) is 16.4 Å². The summed E-state index contributed by atoms with van der Waals surface area (Å²) in [6, 6.07) is 13.1. The van der Waals surface area contributed by atoms with Crippen molar-refractivity contribution in [2.24, 2.45) is 0 Å². The normalized spacial score (nSPS) is 12.6. The van der Waals surface area contributed by atoms with Crippen LogP contribution in [0.4, 0.5) is 0 Å². The molecule has 0 aliphatic heterocycles.